The molecule has 3 rings (SSSR count). The van der Waals surface area contributed by atoms with Crippen LogP contribution in [0, 0.1) is 0 Å². The summed E-state index contributed by atoms with van der Waals surface area (Å²) in [5.41, 5.74) is 7.83. The van der Waals surface area contributed by atoms with Crippen molar-refractivity contribution in [2.75, 3.05) is 11.9 Å². The van der Waals surface area contributed by atoms with Gasteiger partial charge in [0.25, 0.3) is 11.8 Å². The molecular formula is C22H28ClN3O3. The summed E-state index contributed by atoms with van der Waals surface area (Å²) in [5, 5.41) is 5.81. The topological polar surface area (TPSA) is 93.5 Å². The summed E-state index contributed by atoms with van der Waals surface area (Å²) in [7, 11) is 0. The minimum Gasteiger partial charge on any atom is -0.480 e. The van der Waals surface area contributed by atoms with E-state index >= 15 is 0 Å². The van der Waals surface area contributed by atoms with Crippen molar-refractivity contribution in [3.63, 3.8) is 0 Å². The highest BCUT2D eigenvalue weighted by molar-refractivity contribution is 5.98. The SMILES string of the molecule is CCCCC(CN)NC(=O)c1cccc(NC(=O)C2Cc3ccccc3O2)c1.Cl. The van der Waals surface area contributed by atoms with Crippen LogP contribution in [0.25, 0.3) is 0 Å². The van der Waals surface area contributed by atoms with E-state index in [1.54, 1.807) is 24.3 Å². The van der Waals surface area contributed by atoms with Gasteiger partial charge in [0.1, 0.15) is 5.75 Å². The van der Waals surface area contributed by atoms with E-state index in [4.69, 9.17) is 10.5 Å². The van der Waals surface area contributed by atoms with E-state index in [2.05, 4.69) is 17.6 Å². The van der Waals surface area contributed by atoms with Crippen LogP contribution in [0.5, 0.6) is 5.75 Å². The van der Waals surface area contributed by atoms with E-state index in [0.717, 1.165) is 30.6 Å². The van der Waals surface area contributed by atoms with E-state index in [0.29, 0.717) is 24.2 Å². The van der Waals surface area contributed by atoms with Crippen LogP contribution in [0.4, 0.5) is 5.69 Å². The molecule has 4 N–H and O–H groups in total. The molecule has 0 spiro atoms. The van der Waals surface area contributed by atoms with E-state index in [9.17, 15) is 9.59 Å². The number of rotatable bonds is 8. The molecule has 0 saturated heterocycles. The van der Waals surface area contributed by atoms with Crippen LogP contribution in [-0.4, -0.2) is 30.5 Å². The Balaban J connectivity index is 0.00000300. The third kappa shape index (κ3) is 5.95. The maximum absolute atomic E-state index is 12.6. The van der Waals surface area contributed by atoms with E-state index in [1.807, 2.05) is 24.3 Å². The second kappa shape index (κ2) is 10.8. The molecular weight excluding hydrogens is 390 g/mol. The lowest BCUT2D eigenvalue weighted by Crippen LogP contribution is -2.40. The zero-order valence-corrected chi connectivity index (χ0v) is 17.3. The minimum atomic E-state index is -0.564. The van der Waals surface area contributed by atoms with Gasteiger partial charge in [-0.1, -0.05) is 44.0 Å². The van der Waals surface area contributed by atoms with Gasteiger partial charge in [-0.05, 0) is 36.2 Å². The maximum Gasteiger partial charge on any atom is 0.265 e. The van der Waals surface area contributed by atoms with Crippen LogP contribution in [0.3, 0.4) is 0 Å². The monoisotopic (exact) mass is 417 g/mol. The molecule has 2 aromatic rings. The quantitative estimate of drug-likeness (QED) is 0.614. The number of fused-ring (bicyclic) bond motifs is 1. The van der Waals surface area contributed by atoms with Crippen LogP contribution in [0.1, 0.15) is 42.1 Å². The van der Waals surface area contributed by atoms with Crippen molar-refractivity contribution >= 4 is 29.9 Å². The number of para-hydroxylation sites is 1. The number of hydrogen-bond acceptors (Lipinski definition) is 4. The fourth-order valence-electron chi connectivity index (χ4n) is 3.26. The van der Waals surface area contributed by atoms with Crippen LogP contribution >= 0.6 is 12.4 Å². The highest BCUT2D eigenvalue weighted by atomic mass is 35.5. The zero-order valence-electron chi connectivity index (χ0n) is 16.5. The summed E-state index contributed by atoms with van der Waals surface area (Å²) in [6.45, 7) is 2.51. The van der Waals surface area contributed by atoms with Gasteiger partial charge in [-0.2, -0.15) is 0 Å². The summed E-state index contributed by atoms with van der Waals surface area (Å²) >= 11 is 0. The van der Waals surface area contributed by atoms with Crippen LogP contribution in [0.2, 0.25) is 0 Å². The van der Waals surface area contributed by atoms with Crippen molar-refractivity contribution in [1.29, 1.82) is 0 Å². The molecule has 0 saturated carbocycles. The van der Waals surface area contributed by atoms with Crippen LogP contribution in [-0.2, 0) is 11.2 Å². The molecule has 6 nitrogen and oxygen atoms in total. The molecule has 2 aromatic carbocycles. The molecule has 7 heteroatoms. The molecule has 1 heterocycles. The first-order valence-corrected chi connectivity index (χ1v) is 9.77. The zero-order chi connectivity index (χ0) is 19.9. The number of anilines is 1. The Labute approximate surface area is 177 Å². The number of nitrogens with two attached hydrogens (primary N) is 1. The van der Waals surface area contributed by atoms with Gasteiger partial charge in [0.2, 0.25) is 0 Å². The number of amides is 2. The summed E-state index contributed by atoms with van der Waals surface area (Å²) in [6, 6.07) is 14.5. The lowest BCUT2D eigenvalue weighted by atomic mass is 10.1. The summed E-state index contributed by atoms with van der Waals surface area (Å²) in [6.07, 6.45) is 2.90. The third-order valence-electron chi connectivity index (χ3n) is 4.86. The van der Waals surface area contributed by atoms with Crippen molar-refractivity contribution in [1.82, 2.24) is 5.32 Å². The summed E-state index contributed by atoms with van der Waals surface area (Å²) in [5.74, 6) is 0.333. The average Bonchev–Trinajstić information content (AvgIpc) is 3.15. The standard InChI is InChI=1S/C22H27N3O3.ClH/c1-2-3-9-18(14-23)25-21(26)16-8-6-10-17(12-16)24-22(27)20-13-15-7-4-5-11-19(15)28-20;/h4-8,10-12,18,20H,2-3,9,13-14,23H2,1H3,(H,24,27)(H,25,26);1H. The average molecular weight is 418 g/mol. The van der Waals surface area contributed by atoms with Crippen molar-refractivity contribution < 1.29 is 14.3 Å². The predicted octanol–water partition coefficient (Wildman–Crippen LogP) is 3.30. The molecule has 0 radical (unpaired) electrons. The number of hydrogen-bond donors (Lipinski definition) is 3. The molecule has 2 amide bonds. The molecule has 2 atom stereocenters. The van der Waals surface area contributed by atoms with Gasteiger partial charge in [0, 0.05) is 30.3 Å². The largest absolute Gasteiger partial charge is 0.480 e. The summed E-state index contributed by atoms with van der Waals surface area (Å²) < 4.78 is 5.72. The number of nitrogens with one attached hydrogen (secondary N) is 2. The molecule has 2 unspecified atom stereocenters. The Bertz CT molecular complexity index is 819. The fraction of sp³-hybridized carbons (Fsp3) is 0.364. The Hall–Kier alpha value is -2.57. The third-order valence-corrected chi connectivity index (χ3v) is 4.86. The van der Waals surface area contributed by atoms with Crippen molar-refractivity contribution in [3.8, 4) is 5.75 Å². The lowest BCUT2D eigenvalue weighted by molar-refractivity contribution is -0.122. The van der Waals surface area contributed by atoms with Crippen molar-refractivity contribution in [2.45, 2.75) is 44.8 Å². The van der Waals surface area contributed by atoms with Gasteiger partial charge in [0.15, 0.2) is 6.10 Å². The molecule has 1 aliphatic rings. The number of ether oxygens (including phenoxy) is 1. The highest BCUT2D eigenvalue weighted by Gasteiger charge is 2.28. The Morgan fingerprint density at radius 2 is 2.00 bits per heavy atom. The number of unbranched alkanes of at least 4 members (excludes halogenated alkanes) is 1. The van der Waals surface area contributed by atoms with Crippen LogP contribution in [0.15, 0.2) is 48.5 Å². The molecule has 0 bridgehead atoms. The Morgan fingerprint density at radius 3 is 2.72 bits per heavy atom. The normalized spacial score (nSPS) is 15.4. The molecule has 29 heavy (non-hydrogen) atoms. The maximum atomic E-state index is 12.6. The number of halogens is 1. The molecule has 0 aliphatic carbocycles. The summed E-state index contributed by atoms with van der Waals surface area (Å²) in [4.78, 5) is 25.1. The first-order valence-electron chi connectivity index (χ1n) is 9.77. The van der Waals surface area contributed by atoms with Crippen molar-refractivity contribution in [2.24, 2.45) is 5.73 Å². The molecule has 0 aromatic heterocycles. The van der Waals surface area contributed by atoms with Gasteiger partial charge < -0.3 is 21.1 Å². The Morgan fingerprint density at radius 1 is 1.21 bits per heavy atom. The smallest absolute Gasteiger partial charge is 0.265 e. The first kappa shape index (κ1) is 22.7. The van der Waals surface area contributed by atoms with Crippen LogP contribution < -0.4 is 21.1 Å². The predicted molar refractivity (Wildman–Crippen MR) is 117 cm³/mol. The highest BCUT2D eigenvalue weighted by Crippen LogP contribution is 2.28. The van der Waals surface area contributed by atoms with Gasteiger partial charge in [-0.3, -0.25) is 9.59 Å². The van der Waals surface area contributed by atoms with Gasteiger partial charge in [-0.25, -0.2) is 0 Å². The van der Waals surface area contributed by atoms with Gasteiger partial charge in [-0.15, -0.1) is 12.4 Å². The van der Waals surface area contributed by atoms with E-state index in [-0.39, 0.29) is 30.3 Å². The molecule has 1 aliphatic heterocycles. The molecule has 156 valence electrons. The number of carbonyl (C=O) groups excluding carboxylic acids is 2. The number of benzene rings is 2. The molecule has 0 fully saturated rings. The lowest BCUT2D eigenvalue weighted by Gasteiger charge is -2.17. The first-order chi connectivity index (χ1) is 13.6. The second-order valence-corrected chi connectivity index (χ2v) is 7.04. The van der Waals surface area contributed by atoms with Crippen molar-refractivity contribution in [3.05, 3.63) is 59.7 Å². The van der Waals surface area contributed by atoms with Gasteiger partial charge in [0.05, 0.1) is 0 Å². The number of carbonyl (C=O) groups is 2. The van der Waals surface area contributed by atoms with E-state index in [1.165, 1.54) is 0 Å². The second-order valence-electron chi connectivity index (χ2n) is 7.04. The van der Waals surface area contributed by atoms with E-state index < -0.39 is 6.10 Å². The minimum absolute atomic E-state index is 0. The Kier molecular flexibility index (Phi) is 8.49. The van der Waals surface area contributed by atoms with Gasteiger partial charge >= 0.3 is 0 Å². The fourth-order valence-corrected chi connectivity index (χ4v) is 3.26.